The highest BCUT2D eigenvalue weighted by Gasteiger charge is 2.36. The van der Waals surface area contributed by atoms with Crippen molar-refractivity contribution in [3.63, 3.8) is 0 Å². The van der Waals surface area contributed by atoms with Gasteiger partial charge in [0.15, 0.2) is 0 Å². The quantitative estimate of drug-likeness (QED) is 0.832. The number of ether oxygens (including phenoxy) is 1. The summed E-state index contributed by atoms with van der Waals surface area (Å²) in [6.45, 7) is 1.81. The molecule has 0 aromatic heterocycles. The molecule has 2 aromatic rings. The maximum atomic E-state index is 12.9. The van der Waals surface area contributed by atoms with Crippen molar-refractivity contribution in [2.24, 2.45) is 0 Å². The molecule has 1 N–H and O–H groups in total. The molecule has 2 amide bonds. The van der Waals surface area contributed by atoms with E-state index in [1.165, 1.54) is 0 Å². The number of benzene rings is 2. The number of carbonyl (C=O) groups is 2. The van der Waals surface area contributed by atoms with Gasteiger partial charge in [-0.2, -0.15) is 0 Å². The Balaban J connectivity index is 1.53. The molecule has 0 radical (unpaired) electrons. The second-order valence-corrected chi connectivity index (χ2v) is 8.26. The van der Waals surface area contributed by atoms with Gasteiger partial charge in [0, 0.05) is 54.9 Å². The van der Waals surface area contributed by atoms with Crippen LogP contribution in [0.5, 0.6) is 0 Å². The number of aryl methyl sites for hydroxylation is 1. The Morgan fingerprint density at radius 3 is 2.69 bits per heavy atom. The van der Waals surface area contributed by atoms with Crippen LogP contribution in [0.1, 0.15) is 40.7 Å². The van der Waals surface area contributed by atoms with Crippen molar-refractivity contribution in [1.29, 1.82) is 0 Å². The number of nitrogens with one attached hydrogen (secondary N) is 1. The Bertz CT molecular complexity index is 937. The highest BCUT2D eigenvalue weighted by Crippen LogP contribution is 2.38. The molecule has 4 rings (SSSR count). The molecule has 0 aliphatic carbocycles. The fourth-order valence-corrected chi connectivity index (χ4v) is 4.68. The summed E-state index contributed by atoms with van der Waals surface area (Å²) in [6, 6.07) is 13.4. The van der Waals surface area contributed by atoms with Gasteiger partial charge in [-0.25, -0.2) is 0 Å². The lowest BCUT2D eigenvalue weighted by atomic mass is 9.74. The zero-order valence-electron chi connectivity index (χ0n) is 16.5. The standard InChI is InChI=1S/C23H25ClN2O3/c1-26-20-8-6-17(14-16(20)7-9-21(26)27)22(28)25-15-23(10-12-29-13-11-23)18-4-2-3-5-19(18)24/h2-6,8,14H,7,9-13,15H2,1H3,(H,25,28). The van der Waals surface area contributed by atoms with Gasteiger partial charge in [0.05, 0.1) is 0 Å². The van der Waals surface area contributed by atoms with E-state index in [1.54, 1.807) is 18.0 Å². The van der Waals surface area contributed by atoms with Crippen LogP contribution in [0, 0.1) is 0 Å². The Hall–Kier alpha value is -2.37. The predicted molar refractivity (Wildman–Crippen MR) is 114 cm³/mol. The van der Waals surface area contributed by atoms with Gasteiger partial charge >= 0.3 is 0 Å². The molecular formula is C23H25ClN2O3. The van der Waals surface area contributed by atoms with E-state index in [0.717, 1.165) is 34.7 Å². The molecule has 5 nitrogen and oxygen atoms in total. The highest BCUT2D eigenvalue weighted by molar-refractivity contribution is 6.31. The van der Waals surface area contributed by atoms with Gasteiger partial charge in [-0.1, -0.05) is 29.8 Å². The van der Waals surface area contributed by atoms with Gasteiger partial charge in [-0.15, -0.1) is 0 Å². The van der Waals surface area contributed by atoms with E-state index in [9.17, 15) is 9.59 Å². The van der Waals surface area contributed by atoms with Gasteiger partial charge in [-0.3, -0.25) is 9.59 Å². The van der Waals surface area contributed by atoms with Crippen molar-refractivity contribution in [2.75, 3.05) is 31.7 Å². The summed E-state index contributed by atoms with van der Waals surface area (Å²) in [4.78, 5) is 26.5. The normalized spacial score (nSPS) is 18.3. The molecule has 0 saturated carbocycles. The minimum absolute atomic E-state index is 0.106. The summed E-state index contributed by atoms with van der Waals surface area (Å²) in [5.41, 5.74) is 3.37. The zero-order chi connectivity index (χ0) is 20.4. The minimum Gasteiger partial charge on any atom is -0.381 e. The van der Waals surface area contributed by atoms with Crippen molar-refractivity contribution < 1.29 is 14.3 Å². The number of halogens is 1. The fourth-order valence-electron chi connectivity index (χ4n) is 4.34. The SMILES string of the molecule is CN1C(=O)CCc2cc(C(=O)NCC3(c4ccccc4Cl)CCOCC3)ccc21. The molecule has 1 fully saturated rings. The third-order valence-corrected chi connectivity index (χ3v) is 6.50. The number of hydrogen-bond acceptors (Lipinski definition) is 3. The summed E-state index contributed by atoms with van der Waals surface area (Å²) >= 11 is 6.50. The molecule has 0 bridgehead atoms. The molecule has 0 spiro atoms. The Morgan fingerprint density at radius 2 is 1.93 bits per heavy atom. The number of amides is 2. The van der Waals surface area contributed by atoms with E-state index in [-0.39, 0.29) is 17.2 Å². The summed E-state index contributed by atoms with van der Waals surface area (Å²) in [5, 5.41) is 3.86. The van der Waals surface area contributed by atoms with Crippen LogP contribution in [-0.4, -0.2) is 38.6 Å². The first-order valence-corrected chi connectivity index (χ1v) is 10.4. The maximum absolute atomic E-state index is 12.9. The molecule has 152 valence electrons. The summed E-state index contributed by atoms with van der Waals surface area (Å²) < 4.78 is 5.57. The van der Waals surface area contributed by atoms with Crippen molar-refractivity contribution in [3.8, 4) is 0 Å². The average Bonchev–Trinajstić information content (AvgIpc) is 2.75. The summed E-state index contributed by atoms with van der Waals surface area (Å²) in [7, 11) is 1.78. The first kappa shape index (κ1) is 19.9. The highest BCUT2D eigenvalue weighted by atomic mass is 35.5. The number of fused-ring (bicyclic) bond motifs is 1. The van der Waals surface area contributed by atoms with Crippen molar-refractivity contribution >= 4 is 29.1 Å². The fraction of sp³-hybridized carbons (Fsp3) is 0.391. The second kappa shape index (κ2) is 8.17. The van der Waals surface area contributed by atoms with E-state index >= 15 is 0 Å². The van der Waals surface area contributed by atoms with Crippen LogP contribution in [0.15, 0.2) is 42.5 Å². The molecular weight excluding hydrogens is 388 g/mol. The van der Waals surface area contributed by atoms with Crippen LogP contribution in [0.25, 0.3) is 0 Å². The van der Waals surface area contributed by atoms with E-state index in [0.29, 0.717) is 38.2 Å². The number of rotatable bonds is 4. The molecule has 2 aliphatic heterocycles. The first-order valence-electron chi connectivity index (χ1n) is 10.0. The molecule has 6 heteroatoms. The molecule has 1 saturated heterocycles. The Kier molecular flexibility index (Phi) is 5.61. The zero-order valence-corrected chi connectivity index (χ0v) is 17.3. The second-order valence-electron chi connectivity index (χ2n) is 7.85. The van der Waals surface area contributed by atoms with Crippen LogP contribution < -0.4 is 10.2 Å². The third kappa shape index (κ3) is 3.89. The Morgan fingerprint density at radius 1 is 1.17 bits per heavy atom. The molecule has 2 aliphatic rings. The topological polar surface area (TPSA) is 58.6 Å². The van der Waals surface area contributed by atoms with E-state index < -0.39 is 0 Å². The van der Waals surface area contributed by atoms with Gasteiger partial charge in [0.25, 0.3) is 5.91 Å². The van der Waals surface area contributed by atoms with Crippen molar-refractivity contribution in [1.82, 2.24) is 5.32 Å². The molecule has 0 unspecified atom stereocenters. The molecule has 29 heavy (non-hydrogen) atoms. The van der Waals surface area contributed by atoms with E-state index in [2.05, 4.69) is 5.32 Å². The van der Waals surface area contributed by atoms with Crippen molar-refractivity contribution in [3.05, 3.63) is 64.2 Å². The number of nitrogens with zero attached hydrogens (tertiary/aromatic N) is 1. The van der Waals surface area contributed by atoms with Crippen LogP contribution in [0.2, 0.25) is 5.02 Å². The summed E-state index contributed by atoms with van der Waals surface area (Å²) in [5.74, 6) is 0.00109. The first-order chi connectivity index (χ1) is 14.0. The summed E-state index contributed by atoms with van der Waals surface area (Å²) in [6.07, 6.45) is 2.77. The maximum Gasteiger partial charge on any atom is 0.251 e. The number of carbonyl (C=O) groups excluding carboxylic acids is 2. The van der Waals surface area contributed by atoms with Crippen molar-refractivity contribution in [2.45, 2.75) is 31.1 Å². The lowest BCUT2D eigenvalue weighted by Crippen LogP contribution is -2.44. The smallest absolute Gasteiger partial charge is 0.251 e. The Labute approximate surface area is 176 Å². The van der Waals surface area contributed by atoms with Crippen LogP contribution in [-0.2, 0) is 21.4 Å². The molecule has 0 atom stereocenters. The molecule has 2 aromatic carbocycles. The lowest BCUT2D eigenvalue weighted by molar-refractivity contribution is -0.118. The third-order valence-electron chi connectivity index (χ3n) is 6.17. The molecule has 2 heterocycles. The van der Waals surface area contributed by atoms with Gasteiger partial charge in [0.1, 0.15) is 0 Å². The van der Waals surface area contributed by atoms with Crippen LogP contribution >= 0.6 is 11.6 Å². The van der Waals surface area contributed by atoms with Gasteiger partial charge in [-0.05, 0) is 54.7 Å². The number of anilines is 1. The van der Waals surface area contributed by atoms with Gasteiger partial charge < -0.3 is 15.0 Å². The average molecular weight is 413 g/mol. The van der Waals surface area contributed by atoms with Gasteiger partial charge in [0.2, 0.25) is 5.91 Å². The van der Waals surface area contributed by atoms with E-state index in [4.69, 9.17) is 16.3 Å². The van der Waals surface area contributed by atoms with Crippen LogP contribution in [0.3, 0.4) is 0 Å². The predicted octanol–water partition coefficient (Wildman–Crippen LogP) is 3.73. The monoisotopic (exact) mass is 412 g/mol. The largest absolute Gasteiger partial charge is 0.381 e. The van der Waals surface area contributed by atoms with E-state index in [1.807, 2.05) is 36.4 Å². The lowest BCUT2D eigenvalue weighted by Gasteiger charge is -2.38. The van der Waals surface area contributed by atoms with Crippen LogP contribution in [0.4, 0.5) is 5.69 Å². The minimum atomic E-state index is -0.229. The number of hydrogen-bond donors (Lipinski definition) is 1.